The van der Waals surface area contributed by atoms with Gasteiger partial charge in [0.05, 0.1) is 11.6 Å². The highest BCUT2D eigenvalue weighted by Crippen LogP contribution is 2.35. The number of methoxy groups -OCH3 is 1. The van der Waals surface area contributed by atoms with Gasteiger partial charge in [0.2, 0.25) is 0 Å². The fourth-order valence-corrected chi connectivity index (χ4v) is 2.55. The van der Waals surface area contributed by atoms with Gasteiger partial charge in [-0.05, 0) is 34.1 Å². The quantitative estimate of drug-likeness (QED) is 0.428. The zero-order valence-corrected chi connectivity index (χ0v) is 14.8. The molecule has 0 radical (unpaired) electrons. The van der Waals surface area contributed by atoms with E-state index in [4.69, 9.17) is 9.15 Å². The van der Waals surface area contributed by atoms with Crippen LogP contribution >= 0.6 is 15.9 Å². The van der Waals surface area contributed by atoms with Gasteiger partial charge in [0.1, 0.15) is 24.1 Å². The Hall–Kier alpha value is -1.08. The first kappa shape index (κ1) is 15.3. The maximum absolute atomic E-state index is 5.91. The molecule has 0 aliphatic heterocycles. The predicted octanol–water partition coefficient (Wildman–Crippen LogP) is 0.699. The van der Waals surface area contributed by atoms with Crippen LogP contribution in [0.2, 0.25) is 0 Å². The average Bonchev–Trinajstić information content (AvgIpc) is 2.84. The van der Waals surface area contributed by atoms with Crippen LogP contribution in [-0.2, 0) is 7.05 Å². The third-order valence-corrected chi connectivity index (χ3v) is 3.63. The first-order chi connectivity index (χ1) is 9.17. The summed E-state index contributed by atoms with van der Waals surface area (Å²) in [5, 5.41) is 1.02. The zero-order chi connectivity index (χ0) is 13.4. The number of fused-ring (bicyclic) bond motifs is 1. The fourth-order valence-electron chi connectivity index (χ4n) is 2.01. The van der Waals surface area contributed by atoms with E-state index in [1.807, 2.05) is 54.3 Å². The number of halogens is 2. The highest BCUT2D eigenvalue weighted by Gasteiger charge is 2.11. The van der Waals surface area contributed by atoms with Gasteiger partial charge < -0.3 is 33.1 Å². The smallest absolute Gasteiger partial charge is 0.169 e. The molecule has 1 aromatic carbocycles. The molecule has 0 N–H and O–H groups in total. The van der Waals surface area contributed by atoms with Crippen molar-refractivity contribution in [1.82, 2.24) is 0 Å². The molecule has 0 aliphatic carbocycles. The number of nitrogens with zero attached hydrogens (tertiary/aromatic N) is 1. The number of furan rings is 1. The highest BCUT2D eigenvalue weighted by molar-refractivity contribution is 9.10. The van der Waals surface area contributed by atoms with E-state index in [9.17, 15) is 0 Å². The van der Waals surface area contributed by atoms with E-state index in [1.54, 1.807) is 7.11 Å². The second kappa shape index (κ2) is 6.13. The van der Waals surface area contributed by atoms with Gasteiger partial charge in [0.15, 0.2) is 12.4 Å². The van der Waals surface area contributed by atoms with Crippen LogP contribution in [-0.4, -0.2) is 7.11 Å². The van der Waals surface area contributed by atoms with Gasteiger partial charge in [-0.2, -0.15) is 0 Å². The summed E-state index contributed by atoms with van der Waals surface area (Å²) in [4.78, 5) is 0. The van der Waals surface area contributed by atoms with E-state index in [0.29, 0.717) is 0 Å². The van der Waals surface area contributed by atoms with Gasteiger partial charge in [0, 0.05) is 23.1 Å². The van der Waals surface area contributed by atoms with E-state index < -0.39 is 0 Å². The molecule has 0 spiro atoms. The Bertz CT molecular complexity index is 737. The molecule has 0 bridgehead atoms. The van der Waals surface area contributed by atoms with Gasteiger partial charge in [-0.25, -0.2) is 4.57 Å². The topological polar surface area (TPSA) is 26.2 Å². The maximum Gasteiger partial charge on any atom is 0.169 e. The summed E-state index contributed by atoms with van der Waals surface area (Å²) in [5.41, 5.74) is 1.89. The van der Waals surface area contributed by atoms with Crippen LogP contribution in [0.25, 0.3) is 22.3 Å². The second-order valence-electron chi connectivity index (χ2n) is 4.39. The fraction of sp³-hybridized carbons (Fsp3) is 0.133. The Balaban J connectivity index is 0.00000147. The first-order valence-electron chi connectivity index (χ1n) is 5.90. The number of pyridine rings is 1. The molecule has 3 aromatic rings. The number of ether oxygens (including phenoxy) is 1. The minimum atomic E-state index is 0. The van der Waals surface area contributed by atoms with Gasteiger partial charge in [-0.15, -0.1) is 0 Å². The highest BCUT2D eigenvalue weighted by atomic mass is 127. The van der Waals surface area contributed by atoms with Crippen molar-refractivity contribution in [2.24, 2.45) is 7.05 Å². The van der Waals surface area contributed by atoms with Crippen LogP contribution in [0.5, 0.6) is 5.75 Å². The van der Waals surface area contributed by atoms with Crippen molar-refractivity contribution >= 4 is 26.9 Å². The van der Waals surface area contributed by atoms with Crippen LogP contribution in [0.3, 0.4) is 0 Å². The average molecular weight is 446 g/mol. The van der Waals surface area contributed by atoms with Crippen molar-refractivity contribution in [1.29, 1.82) is 0 Å². The summed E-state index contributed by atoms with van der Waals surface area (Å²) < 4.78 is 14.1. The van der Waals surface area contributed by atoms with E-state index >= 15 is 0 Å². The lowest BCUT2D eigenvalue weighted by molar-refractivity contribution is -0.671. The van der Waals surface area contributed by atoms with Crippen molar-refractivity contribution in [3.63, 3.8) is 0 Å². The maximum atomic E-state index is 5.91. The molecule has 0 saturated heterocycles. The molecule has 5 heteroatoms. The standard InChI is InChI=1S/C15H13BrNO2.HI/c1-17-5-3-10(4-6-17)14-8-11-7-12(18-2)9-13(16)15(11)19-14;/h3-9H,1-2H3;1H/q+1;/p-1. The summed E-state index contributed by atoms with van der Waals surface area (Å²) in [5.74, 6) is 1.66. The largest absolute Gasteiger partial charge is 1.00 e. The van der Waals surface area contributed by atoms with Gasteiger partial charge in [-0.1, -0.05) is 0 Å². The molecule has 0 fully saturated rings. The van der Waals surface area contributed by atoms with E-state index in [2.05, 4.69) is 15.9 Å². The van der Waals surface area contributed by atoms with Crippen molar-refractivity contribution in [2.45, 2.75) is 0 Å². The van der Waals surface area contributed by atoms with E-state index in [0.717, 1.165) is 32.5 Å². The van der Waals surface area contributed by atoms with Crippen molar-refractivity contribution in [3.05, 3.63) is 47.2 Å². The lowest BCUT2D eigenvalue weighted by Gasteiger charge is -1.99. The number of rotatable bonds is 2. The molecule has 0 amide bonds. The number of hydrogen-bond acceptors (Lipinski definition) is 2. The molecule has 0 aliphatic rings. The molecular formula is C15H13BrINO2. The van der Waals surface area contributed by atoms with Crippen LogP contribution in [0, 0.1) is 0 Å². The van der Waals surface area contributed by atoms with Gasteiger partial charge in [-0.3, -0.25) is 0 Å². The van der Waals surface area contributed by atoms with Crippen molar-refractivity contribution < 1.29 is 37.7 Å². The Labute approximate surface area is 142 Å². The monoisotopic (exact) mass is 445 g/mol. The first-order valence-corrected chi connectivity index (χ1v) is 6.69. The van der Waals surface area contributed by atoms with Crippen LogP contribution in [0.4, 0.5) is 0 Å². The molecule has 0 unspecified atom stereocenters. The minimum absolute atomic E-state index is 0. The van der Waals surface area contributed by atoms with Gasteiger partial charge >= 0.3 is 0 Å². The molecule has 20 heavy (non-hydrogen) atoms. The summed E-state index contributed by atoms with van der Waals surface area (Å²) in [6.45, 7) is 0. The summed E-state index contributed by atoms with van der Waals surface area (Å²) in [6.07, 6.45) is 4.00. The van der Waals surface area contributed by atoms with Crippen LogP contribution < -0.4 is 33.3 Å². The molecule has 104 valence electrons. The molecule has 2 heterocycles. The number of aromatic nitrogens is 1. The SMILES string of the molecule is COc1cc(Br)c2oc(-c3cc[n+](C)cc3)cc2c1.[I-]. The number of hydrogen-bond donors (Lipinski definition) is 0. The summed E-state index contributed by atoms with van der Waals surface area (Å²) in [7, 11) is 3.65. The summed E-state index contributed by atoms with van der Waals surface area (Å²) in [6, 6.07) is 9.96. The molecule has 3 nitrogen and oxygen atoms in total. The van der Waals surface area contributed by atoms with E-state index in [-0.39, 0.29) is 24.0 Å². The molecule has 0 atom stereocenters. The Morgan fingerprint density at radius 1 is 1.15 bits per heavy atom. The van der Waals surface area contributed by atoms with Crippen molar-refractivity contribution in [2.75, 3.05) is 7.11 Å². The second-order valence-corrected chi connectivity index (χ2v) is 5.24. The predicted molar refractivity (Wildman–Crippen MR) is 77.1 cm³/mol. The lowest BCUT2D eigenvalue weighted by atomic mass is 10.2. The molecule has 3 rings (SSSR count). The molecular weight excluding hydrogens is 433 g/mol. The zero-order valence-electron chi connectivity index (χ0n) is 11.1. The molecule has 2 aromatic heterocycles. The van der Waals surface area contributed by atoms with Crippen LogP contribution in [0.15, 0.2) is 51.6 Å². The Morgan fingerprint density at radius 3 is 2.50 bits per heavy atom. The third kappa shape index (κ3) is 2.83. The van der Waals surface area contributed by atoms with E-state index in [1.165, 1.54) is 0 Å². The van der Waals surface area contributed by atoms with Gasteiger partial charge in [0.25, 0.3) is 0 Å². The minimum Gasteiger partial charge on any atom is -1.00 e. The van der Waals surface area contributed by atoms with Crippen LogP contribution in [0.1, 0.15) is 0 Å². The van der Waals surface area contributed by atoms with Crippen molar-refractivity contribution in [3.8, 4) is 17.1 Å². The number of aryl methyl sites for hydroxylation is 1. The Morgan fingerprint density at radius 2 is 1.85 bits per heavy atom. The summed E-state index contributed by atoms with van der Waals surface area (Å²) >= 11 is 3.51. The lowest BCUT2D eigenvalue weighted by Crippen LogP contribution is -3.00. The molecule has 0 saturated carbocycles. The Kier molecular flexibility index (Phi) is 4.70. The number of benzene rings is 1. The third-order valence-electron chi connectivity index (χ3n) is 3.04. The normalized spacial score (nSPS) is 10.3.